The molecule has 1 aliphatic carbocycles. The lowest BCUT2D eigenvalue weighted by atomic mass is 9.71. The molecular weight excluding hydrogens is 256 g/mol. The van der Waals surface area contributed by atoms with Crippen LogP contribution >= 0.6 is 0 Å². The fourth-order valence-corrected chi connectivity index (χ4v) is 3.54. The van der Waals surface area contributed by atoms with Gasteiger partial charge in [-0.2, -0.15) is 0 Å². The summed E-state index contributed by atoms with van der Waals surface area (Å²) in [5.41, 5.74) is 4.77. The van der Waals surface area contributed by atoms with E-state index in [1.807, 2.05) is 17.0 Å². The molecule has 1 aromatic carbocycles. The lowest BCUT2D eigenvalue weighted by Gasteiger charge is -2.34. The first-order valence-electron chi connectivity index (χ1n) is 6.91. The Bertz CT molecular complexity index is 558. The van der Waals surface area contributed by atoms with Gasteiger partial charge in [0.1, 0.15) is 0 Å². The first kappa shape index (κ1) is 13.1. The van der Waals surface area contributed by atoms with Crippen molar-refractivity contribution in [3.8, 4) is 0 Å². The van der Waals surface area contributed by atoms with Gasteiger partial charge in [0.25, 0.3) is 5.91 Å². The van der Waals surface area contributed by atoms with Crippen LogP contribution in [0.15, 0.2) is 18.2 Å². The first-order chi connectivity index (χ1) is 9.65. The minimum atomic E-state index is -0.478. The van der Waals surface area contributed by atoms with Gasteiger partial charge in [-0.3, -0.25) is 14.8 Å². The van der Waals surface area contributed by atoms with Crippen molar-refractivity contribution < 1.29 is 14.8 Å². The van der Waals surface area contributed by atoms with Gasteiger partial charge in [-0.1, -0.05) is 6.07 Å². The molecule has 1 atom stereocenters. The molecule has 3 rings (SSSR count). The third-order valence-electron chi connectivity index (χ3n) is 4.68. The molecule has 1 saturated heterocycles. The Kier molecular flexibility index (Phi) is 3.22. The van der Waals surface area contributed by atoms with Gasteiger partial charge in [0.15, 0.2) is 0 Å². The van der Waals surface area contributed by atoms with Crippen LogP contribution in [0.2, 0.25) is 0 Å². The van der Waals surface area contributed by atoms with Gasteiger partial charge in [-0.25, -0.2) is 5.48 Å². The van der Waals surface area contributed by atoms with Gasteiger partial charge in [-0.05, 0) is 54.4 Å². The molecule has 0 radical (unpaired) electrons. The van der Waals surface area contributed by atoms with Crippen molar-refractivity contribution in [2.24, 2.45) is 5.41 Å². The first-order valence-corrected chi connectivity index (χ1v) is 6.91. The van der Waals surface area contributed by atoms with E-state index in [4.69, 9.17) is 5.21 Å². The highest BCUT2D eigenvalue weighted by Gasteiger charge is 2.40. The maximum Gasteiger partial charge on any atom is 0.274 e. The van der Waals surface area contributed by atoms with Crippen LogP contribution in [0.3, 0.4) is 0 Å². The molecule has 0 bridgehead atoms. The zero-order chi connectivity index (χ0) is 14.2. The Labute approximate surface area is 117 Å². The number of amides is 2. The zero-order valence-corrected chi connectivity index (χ0v) is 11.3. The smallest absolute Gasteiger partial charge is 0.274 e. The molecule has 1 unspecified atom stereocenters. The molecule has 20 heavy (non-hydrogen) atoms. The minimum Gasteiger partial charge on any atom is -0.345 e. The van der Waals surface area contributed by atoms with Gasteiger partial charge < -0.3 is 4.90 Å². The van der Waals surface area contributed by atoms with Crippen LogP contribution in [-0.2, 0) is 17.6 Å². The molecule has 5 nitrogen and oxygen atoms in total. The Balaban J connectivity index is 1.86. The van der Waals surface area contributed by atoms with Gasteiger partial charge in [0.2, 0.25) is 6.41 Å². The zero-order valence-electron chi connectivity index (χ0n) is 11.3. The SMILES string of the molecule is O=CN1CCC2(CCc3ccc(C(=O)NO)cc3C2)C1. The van der Waals surface area contributed by atoms with Crippen LogP contribution in [-0.4, -0.2) is 35.5 Å². The van der Waals surface area contributed by atoms with Gasteiger partial charge in [-0.15, -0.1) is 0 Å². The predicted molar refractivity (Wildman–Crippen MR) is 72.4 cm³/mol. The number of likely N-dealkylation sites (tertiary alicyclic amines) is 1. The van der Waals surface area contributed by atoms with Crippen LogP contribution in [0.1, 0.15) is 34.3 Å². The van der Waals surface area contributed by atoms with E-state index in [0.29, 0.717) is 5.56 Å². The molecule has 1 fully saturated rings. The van der Waals surface area contributed by atoms with Crippen molar-refractivity contribution in [3.05, 3.63) is 34.9 Å². The summed E-state index contributed by atoms with van der Waals surface area (Å²) in [4.78, 5) is 24.2. The number of hydroxylamine groups is 1. The monoisotopic (exact) mass is 274 g/mol. The number of nitrogens with one attached hydrogen (secondary N) is 1. The number of fused-ring (bicyclic) bond motifs is 1. The van der Waals surface area contributed by atoms with Crippen molar-refractivity contribution in [2.75, 3.05) is 13.1 Å². The molecule has 2 amide bonds. The molecule has 1 heterocycles. The number of benzene rings is 1. The van der Waals surface area contributed by atoms with Crippen LogP contribution < -0.4 is 5.48 Å². The van der Waals surface area contributed by atoms with E-state index >= 15 is 0 Å². The summed E-state index contributed by atoms with van der Waals surface area (Å²) in [5.74, 6) is -0.478. The molecule has 2 aliphatic rings. The van der Waals surface area contributed by atoms with Gasteiger partial charge in [0.05, 0.1) is 0 Å². The Morgan fingerprint density at radius 3 is 2.90 bits per heavy atom. The lowest BCUT2D eigenvalue weighted by Crippen LogP contribution is -2.32. The van der Waals surface area contributed by atoms with Crippen molar-refractivity contribution in [3.63, 3.8) is 0 Å². The van der Waals surface area contributed by atoms with E-state index < -0.39 is 5.91 Å². The van der Waals surface area contributed by atoms with E-state index in [9.17, 15) is 9.59 Å². The number of carbonyl (C=O) groups excluding carboxylic acids is 2. The summed E-state index contributed by atoms with van der Waals surface area (Å²) in [7, 11) is 0. The summed E-state index contributed by atoms with van der Waals surface area (Å²) >= 11 is 0. The number of aryl methyl sites for hydroxylation is 1. The number of hydrogen-bond donors (Lipinski definition) is 2. The molecule has 1 aromatic rings. The van der Waals surface area contributed by atoms with Crippen LogP contribution in [0.5, 0.6) is 0 Å². The Morgan fingerprint density at radius 1 is 1.35 bits per heavy atom. The standard InChI is InChI=1S/C15H18N2O3/c18-10-17-6-5-15(9-17)4-3-11-1-2-12(14(19)16-20)7-13(11)8-15/h1-2,7,10,20H,3-6,8-9H2,(H,16,19). The molecule has 1 spiro atoms. The number of hydrogen-bond acceptors (Lipinski definition) is 3. The summed E-state index contributed by atoms with van der Waals surface area (Å²) in [6.45, 7) is 1.64. The maximum atomic E-state index is 11.5. The fourth-order valence-electron chi connectivity index (χ4n) is 3.54. The Morgan fingerprint density at radius 2 is 2.20 bits per heavy atom. The Hall–Kier alpha value is -1.88. The molecule has 1 aliphatic heterocycles. The van der Waals surface area contributed by atoms with E-state index in [-0.39, 0.29) is 5.41 Å². The molecule has 0 aromatic heterocycles. The fraction of sp³-hybridized carbons (Fsp3) is 0.467. The third kappa shape index (κ3) is 2.18. The van der Waals surface area contributed by atoms with Crippen LogP contribution in [0, 0.1) is 5.41 Å². The predicted octanol–water partition coefficient (Wildman–Crippen LogP) is 1.14. The molecular formula is C15H18N2O3. The molecule has 2 N–H and O–H groups in total. The van der Waals surface area contributed by atoms with E-state index in [1.165, 1.54) is 11.1 Å². The minimum absolute atomic E-state index is 0.169. The average molecular weight is 274 g/mol. The number of carbonyl (C=O) groups is 2. The van der Waals surface area contributed by atoms with Crippen molar-refractivity contribution in [2.45, 2.75) is 25.7 Å². The number of nitrogens with zero attached hydrogens (tertiary/aromatic N) is 1. The second kappa shape index (κ2) is 4.90. The van der Waals surface area contributed by atoms with E-state index in [1.54, 1.807) is 11.5 Å². The van der Waals surface area contributed by atoms with Crippen molar-refractivity contribution >= 4 is 12.3 Å². The van der Waals surface area contributed by atoms with Crippen molar-refractivity contribution in [1.82, 2.24) is 10.4 Å². The highest BCUT2D eigenvalue weighted by atomic mass is 16.5. The topological polar surface area (TPSA) is 69.6 Å². The van der Waals surface area contributed by atoms with Crippen molar-refractivity contribution in [1.29, 1.82) is 0 Å². The second-order valence-electron chi connectivity index (χ2n) is 5.93. The summed E-state index contributed by atoms with van der Waals surface area (Å²) in [5, 5.41) is 8.72. The normalized spacial score (nSPS) is 24.6. The van der Waals surface area contributed by atoms with Crippen LogP contribution in [0.4, 0.5) is 0 Å². The van der Waals surface area contributed by atoms with Gasteiger partial charge in [0, 0.05) is 18.7 Å². The average Bonchev–Trinajstić information content (AvgIpc) is 2.88. The molecule has 106 valence electrons. The highest BCUT2D eigenvalue weighted by Crippen LogP contribution is 2.42. The summed E-state index contributed by atoms with van der Waals surface area (Å²) in [6, 6.07) is 5.58. The quantitative estimate of drug-likeness (QED) is 0.483. The largest absolute Gasteiger partial charge is 0.345 e. The second-order valence-corrected chi connectivity index (χ2v) is 5.93. The lowest BCUT2D eigenvalue weighted by molar-refractivity contribution is -0.117. The summed E-state index contributed by atoms with van der Waals surface area (Å²) in [6.07, 6.45) is 4.94. The van der Waals surface area contributed by atoms with Crippen LogP contribution in [0.25, 0.3) is 0 Å². The third-order valence-corrected chi connectivity index (χ3v) is 4.68. The maximum absolute atomic E-state index is 11.5. The molecule has 5 heteroatoms. The summed E-state index contributed by atoms with van der Waals surface area (Å²) < 4.78 is 0. The van der Waals surface area contributed by atoms with E-state index in [2.05, 4.69) is 0 Å². The highest BCUT2D eigenvalue weighted by molar-refractivity contribution is 5.93. The van der Waals surface area contributed by atoms with E-state index in [0.717, 1.165) is 45.2 Å². The number of rotatable bonds is 2. The van der Waals surface area contributed by atoms with Gasteiger partial charge >= 0.3 is 0 Å². The molecule has 0 saturated carbocycles.